The van der Waals surface area contributed by atoms with Crippen LogP contribution in [0.2, 0.25) is 0 Å². The Morgan fingerprint density at radius 3 is 2.79 bits per heavy atom. The molecule has 1 aromatic rings. The van der Waals surface area contributed by atoms with Crippen LogP contribution in [0, 0.1) is 0 Å². The maximum absolute atomic E-state index is 10.9. The van der Waals surface area contributed by atoms with E-state index < -0.39 is 5.97 Å². The molecule has 0 aromatic carbocycles. The zero-order valence-electron chi connectivity index (χ0n) is 11.5. The van der Waals surface area contributed by atoms with E-state index in [4.69, 9.17) is 5.11 Å². The van der Waals surface area contributed by atoms with Gasteiger partial charge < -0.3 is 14.9 Å². The topological polar surface area (TPSA) is 56.7 Å². The molecule has 0 radical (unpaired) electrons. The highest BCUT2D eigenvalue weighted by atomic mass is 16.4. The Labute approximate surface area is 113 Å². The second-order valence-corrected chi connectivity index (χ2v) is 4.98. The number of nitrogens with zero attached hydrogens (tertiary/aromatic N) is 3. The van der Waals surface area contributed by atoms with Crippen LogP contribution in [-0.4, -0.2) is 53.7 Å². The lowest BCUT2D eigenvalue weighted by molar-refractivity contribution is 0.0690. The minimum absolute atomic E-state index is 0.107. The van der Waals surface area contributed by atoms with Crippen LogP contribution in [0.15, 0.2) is 18.3 Å². The van der Waals surface area contributed by atoms with E-state index in [1.807, 2.05) is 13.1 Å². The number of aromatic carboxylic acids is 1. The monoisotopic (exact) mass is 263 g/mol. The van der Waals surface area contributed by atoms with Crippen molar-refractivity contribution in [2.45, 2.75) is 25.8 Å². The fourth-order valence-corrected chi connectivity index (χ4v) is 2.59. The number of hydrogen-bond donors (Lipinski definition) is 1. The third kappa shape index (κ3) is 3.23. The molecule has 2 heterocycles. The van der Waals surface area contributed by atoms with Crippen LogP contribution in [0.1, 0.15) is 30.3 Å². The molecule has 1 aliphatic heterocycles. The Balaban J connectivity index is 2.05. The van der Waals surface area contributed by atoms with Gasteiger partial charge in [0.2, 0.25) is 0 Å². The molecule has 19 heavy (non-hydrogen) atoms. The van der Waals surface area contributed by atoms with Crippen molar-refractivity contribution in [2.75, 3.05) is 31.6 Å². The molecule has 1 aromatic heterocycles. The van der Waals surface area contributed by atoms with Gasteiger partial charge in [0.1, 0.15) is 5.69 Å². The Hall–Kier alpha value is -1.62. The lowest BCUT2D eigenvalue weighted by Gasteiger charge is -2.37. The average Bonchev–Trinajstić information content (AvgIpc) is 2.46. The molecule has 0 atom stereocenters. The van der Waals surface area contributed by atoms with Crippen molar-refractivity contribution in [2.24, 2.45) is 0 Å². The van der Waals surface area contributed by atoms with Gasteiger partial charge in [0.05, 0.1) is 0 Å². The van der Waals surface area contributed by atoms with Crippen molar-refractivity contribution in [3.8, 4) is 0 Å². The number of aromatic nitrogens is 1. The number of carboxylic acids is 1. The maximum Gasteiger partial charge on any atom is 0.354 e. The number of likely N-dealkylation sites (tertiary alicyclic amines) is 1. The van der Waals surface area contributed by atoms with Crippen molar-refractivity contribution in [3.63, 3.8) is 0 Å². The van der Waals surface area contributed by atoms with Crippen molar-refractivity contribution in [3.05, 3.63) is 24.0 Å². The molecule has 0 bridgehead atoms. The highest BCUT2D eigenvalue weighted by molar-refractivity contribution is 5.86. The summed E-state index contributed by atoms with van der Waals surface area (Å²) in [6.45, 7) is 5.52. The van der Waals surface area contributed by atoms with Gasteiger partial charge in [0.15, 0.2) is 0 Å². The van der Waals surface area contributed by atoms with E-state index in [-0.39, 0.29) is 5.69 Å². The standard InChI is InChI=1S/C14H21N3O2/c1-3-17-8-5-11(6-9-17)16(2)12-4-7-15-13(10-12)14(18)19/h4,7,10-11H,3,5-6,8-9H2,1-2H3,(H,18,19). The Morgan fingerprint density at radius 2 is 2.21 bits per heavy atom. The highest BCUT2D eigenvalue weighted by Crippen LogP contribution is 2.22. The summed E-state index contributed by atoms with van der Waals surface area (Å²) in [6, 6.07) is 4.00. The summed E-state index contributed by atoms with van der Waals surface area (Å²) in [5.74, 6) is -0.976. The lowest BCUT2D eigenvalue weighted by atomic mass is 10.0. The van der Waals surface area contributed by atoms with E-state index in [2.05, 4.69) is 21.7 Å². The van der Waals surface area contributed by atoms with Gasteiger partial charge in [0.25, 0.3) is 0 Å². The second-order valence-electron chi connectivity index (χ2n) is 4.98. The van der Waals surface area contributed by atoms with E-state index in [1.54, 1.807) is 12.3 Å². The molecule has 0 amide bonds. The van der Waals surface area contributed by atoms with Crippen molar-refractivity contribution < 1.29 is 9.90 Å². The van der Waals surface area contributed by atoms with E-state index in [0.29, 0.717) is 6.04 Å². The van der Waals surface area contributed by atoms with E-state index in [9.17, 15) is 4.79 Å². The number of anilines is 1. The molecule has 1 aliphatic rings. The fraction of sp³-hybridized carbons (Fsp3) is 0.571. The van der Waals surface area contributed by atoms with Gasteiger partial charge in [-0.05, 0) is 31.5 Å². The van der Waals surface area contributed by atoms with Crippen LogP contribution in [-0.2, 0) is 0 Å². The highest BCUT2D eigenvalue weighted by Gasteiger charge is 2.22. The first kappa shape index (κ1) is 13.8. The minimum Gasteiger partial charge on any atom is -0.477 e. The van der Waals surface area contributed by atoms with Crippen molar-refractivity contribution in [1.29, 1.82) is 0 Å². The number of pyridine rings is 1. The van der Waals surface area contributed by atoms with E-state index >= 15 is 0 Å². The van der Waals surface area contributed by atoms with Gasteiger partial charge in [-0.2, -0.15) is 0 Å². The zero-order chi connectivity index (χ0) is 13.8. The summed E-state index contributed by atoms with van der Waals surface area (Å²) in [5, 5.41) is 8.98. The van der Waals surface area contributed by atoms with Gasteiger partial charge in [-0.25, -0.2) is 9.78 Å². The van der Waals surface area contributed by atoms with E-state index in [0.717, 1.165) is 38.2 Å². The first-order valence-corrected chi connectivity index (χ1v) is 6.76. The Morgan fingerprint density at radius 1 is 1.53 bits per heavy atom. The molecule has 2 rings (SSSR count). The summed E-state index contributed by atoms with van der Waals surface area (Å²) >= 11 is 0. The largest absolute Gasteiger partial charge is 0.477 e. The smallest absolute Gasteiger partial charge is 0.354 e. The molecule has 0 unspecified atom stereocenters. The zero-order valence-corrected chi connectivity index (χ0v) is 11.5. The van der Waals surface area contributed by atoms with Gasteiger partial charge in [-0.3, -0.25) is 0 Å². The third-order valence-electron chi connectivity index (χ3n) is 3.92. The molecule has 0 spiro atoms. The minimum atomic E-state index is -0.976. The van der Waals surface area contributed by atoms with Crippen LogP contribution in [0.25, 0.3) is 0 Å². The predicted molar refractivity (Wildman–Crippen MR) is 74.7 cm³/mol. The molecule has 5 nitrogen and oxygen atoms in total. The summed E-state index contributed by atoms with van der Waals surface area (Å²) in [7, 11) is 2.03. The second kappa shape index (κ2) is 6.02. The maximum atomic E-state index is 10.9. The quantitative estimate of drug-likeness (QED) is 0.896. The molecular formula is C14H21N3O2. The Bertz CT molecular complexity index is 442. The molecular weight excluding hydrogens is 242 g/mol. The first-order valence-electron chi connectivity index (χ1n) is 6.76. The SMILES string of the molecule is CCN1CCC(N(C)c2ccnc(C(=O)O)c2)CC1. The summed E-state index contributed by atoms with van der Waals surface area (Å²) in [4.78, 5) is 19.4. The van der Waals surface area contributed by atoms with Crippen LogP contribution >= 0.6 is 0 Å². The molecule has 5 heteroatoms. The number of hydrogen-bond acceptors (Lipinski definition) is 4. The third-order valence-corrected chi connectivity index (χ3v) is 3.92. The number of carbonyl (C=O) groups is 1. The average molecular weight is 263 g/mol. The van der Waals surface area contributed by atoms with Gasteiger partial charge >= 0.3 is 5.97 Å². The summed E-state index contributed by atoms with van der Waals surface area (Å²) in [5.41, 5.74) is 1.04. The first-order chi connectivity index (χ1) is 9.11. The number of carboxylic acid groups (broad SMARTS) is 1. The van der Waals surface area contributed by atoms with Crippen LogP contribution < -0.4 is 4.90 Å². The molecule has 0 aliphatic carbocycles. The van der Waals surface area contributed by atoms with Crippen molar-refractivity contribution >= 4 is 11.7 Å². The summed E-state index contributed by atoms with van der Waals surface area (Å²) in [6.07, 6.45) is 3.81. The molecule has 0 saturated carbocycles. The lowest BCUT2D eigenvalue weighted by Crippen LogP contribution is -2.43. The van der Waals surface area contributed by atoms with Crippen molar-refractivity contribution in [1.82, 2.24) is 9.88 Å². The summed E-state index contributed by atoms with van der Waals surface area (Å²) < 4.78 is 0. The Kier molecular flexibility index (Phi) is 4.37. The van der Waals surface area contributed by atoms with Crippen LogP contribution in [0.4, 0.5) is 5.69 Å². The van der Waals surface area contributed by atoms with Gasteiger partial charge in [0, 0.05) is 38.1 Å². The van der Waals surface area contributed by atoms with Crippen LogP contribution in [0.5, 0.6) is 0 Å². The van der Waals surface area contributed by atoms with Crippen LogP contribution in [0.3, 0.4) is 0 Å². The number of rotatable bonds is 4. The number of piperidine rings is 1. The van der Waals surface area contributed by atoms with E-state index in [1.165, 1.54) is 0 Å². The molecule has 1 fully saturated rings. The fourth-order valence-electron chi connectivity index (χ4n) is 2.59. The van der Waals surface area contributed by atoms with Gasteiger partial charge in [-0.1, -0.05) is 6.92 Å². The predicted octanol–water partition coefficient (Wildman–Crippen LogP) is 1.70. The van der Waals surface area contributed by atoms with Gasteiger partial charge in [-0.15, -0.1) is 0 Å². The molecule has 1 saturated heterocycles. The molecule has 104 valence electrons. The molecule has 1 N–H and O–H groups in total. The normalized spacial score (nSPS) is 17.4.